The molecule has 5 heteroatoms. The van der Waals surface area contributed by atoms with Crippen LogP contribution in [0.4, 0.5) is 5.69 Å². The average Bonchev–Trinajstić information content (AvgIpc) is 2.37. The minimum Gasteiger partial charge on any atom is -0.495 e. The van der Waals surface area contributed by atoms with Gasteiger partial charge in [-0.3, -0.25) is 9.59 Å². The molecule has 0 saturated heterocycles. The predicted molar refractivity (Wildman–Crippen MR) is 74.5 cm³/mol. The minimum absolute atomic E-state index is 0.0310. The summed E-state index contributed by atoms with van der Waals surface area (Å²) >= 11 is 0. The van der Waals surface area contributed by atoms with Crippen LogP contribution in [0.15, 0.2) is 24.3 Å². The number of benzene rings is 1. The highest BCUT2D eigenvalue weighted by molar-refractivity contribution is 5.96. The number of methoxy groups -OCH3 is 1. The second-order valence-electron chi connectivity index (χ2n) is 4.90. The molecule has 1 aliphatic rings. The number of anilines is 1. The van der Waals surface area contributed by atoms with Crippen LogP contribution in [0, 0.1) is 5.92 Å². The van der Waals surface area contributed by atoms with E-state index < -0.39 is 6.10 Å². The van der Waals surface area contributed by atoms with Crippen LogP contribution >= 0.6 is 0 Å². The van der Waals surface area contributed by atoms with Gasteiger partial charge in [-0.1, -0.05) is 18.6 Å². The van der Waals surface area contributed by atoms with E-state index in [1.807, 2.05) is 6.07 Å². The standard InChI is InChI=1S/C15H19NO4/c1-10(20-15(18)11-6-5-7-11)14(17)16-12-8-3-4-9-13(12)19-2/h3-4,8-11H,5-7H2,1-2H3,(H,16,17). The van der Waals surface area contributed by atoms with Crippen LogP contribution in [0.25, 0.3) is 0 Å². The summed E-state index contributed by atoms with van der Waals surface area (Å²) in [5.74, 6) is -0.101. The normalized spacial score (nSPS) is 15.9. The molecule has 108 valence electrons. The molecule has 1 aromatic carbocycles. The number of rotatable bonds is 5. The molecule has 2 rings (SSSR count). The highest BCUT2D eigenvalue weighted by Crippen LogP contribution is 2.28. The van der Waals surface area contributed by atoms with Crippen LogP contribution in [-0.4, -0.2) is 25.1 Å². The maximum absolute atomic E-state index is 12.0. The minimum atomic E-state index is -0.812. The molecule has 0 spiro atoms. The van der Waals surface area contributed by atoms with E-state index in [-0.39, 0.29) is 17.8 Å². The molecule has 1 fully saturated rings. The third-order valence-electron chi connectivity index (χ3n) is 3.47. The van der Waals surface area contributed by atoms with E-state index in [1.165, 1.54) is 7.11 Å². The van der Waals surface area contributed by atoms with E-state index in [0.717, 1.165) is 19.3 Å². The highest BCUT2D eigenvalue weighted by Gasteiger charge is 2.29. The van der Waals surface area contributed by atoms with Crippen molar-refractivity contribution in [2.24, 2.45) is 5.92 Å². The number of hydrogen-bond acceptors (Lipinski definition) is 4. The molecule has 0 bridgehead atoms. The number of nitrogens with one attached hydrogen (secondary N) is 1. The molecule has 20 heavy (non-hydrogen) atoms. The van der Waals surface area contributed by atoms with Gasteiger partial charge < -0.3 is 14.8 Å². The zero-order chi connectivity index (χ0) is 14.5. The molecule has 1 unspecified atom stereocenters. The Morgan fingerprint density at radius 3 is 2.60 bits per heavy atom. The van der Waals surface area contributed by atoms with Crippen LogP contribution in [-0.2, 0) is 14.3 Å². The van der Waals surface area contributed by atoms with Crippen LogP contribution in [0.5, 0.6) is 5.75 Å². The summed E-state index contributed by atoms with van der Waals surface area (Å²) in [4.78, 5) is 23.7. The lowest BCUT2D eigenvalue weighted by Gasteiger charge is -2.25. The van der Waals surface area contributed by atoms with Crippen molar-refractivity contribution in [1.29, 1.82) is 0 Å². The van der Waals surface area contributed by atoms with Gasteiger partial charge in [-0.2, -0.15) is 0 Å². The average molecular weight is 277 g/mol. The van der Waals surface area contributed by atoms with Crippen LogP contribution < -0.4 is 10.1 Å². The molecule has 0 aromatic heterocycles. The number of carbonyl (C=O) groups excluding carboxylic acids is 2. The van der Waals surface area contributed by atoms with E-state index in [1.54, 1.807) is 25.1 Å². The van der Waals surface area contributed by atoms with Gasteiger partial charge in [0.25, 0.3) is 5.91 Å². The number of hydrogen-bond donors (Lipinski definition) is 1. The number of carbonyl (C=O) groups is 2. The summed E-state index contributed by atoms with van der Waals surface area (Å²) in [5.41, 5.74) is 0.562. The number of esters is 1. The van der Waals surface area contributed by atoms with Crippen molar-refractivity contribution in [3.8, 4) is 5.75 Å². The van der Waals surface area contributed by atoms with Crippen molar-refractivity contribution >= 4 is 17.6 Å². The van der Waals surface area contributed by atoms with Gasteiger partial charge in [0, 0.05) is 0 Å². The van der Waals surface area contributed by atoms with Gasteiger partial charge >= 0.3 is 5.97 Å². The molecule has 1 aromatic rings. The molecule has 1 aliphatic carbocycles. The maximum atomic E-state index is 12.0. The molecule has 0 heterocycles. The Hall–Kier alpha value is -2.04. The summed E-state index contributed by atoms with van der Waals surface area (Å²) in [5, 5.41) is 2.70. The van der Waals surface area contributed by atoms with Gasteiger partial charge in [0.05, 0.1) is 18.7 Å². The second kappa shape index (κ2) is 6.41. The number of ether oxygens (including phenoxy) is 2. The van der Waals surface area contributed by atoms with E-state index in [2.05, 4.69) is 5.32 Å². The van der Waals surface area contributed by atoms with Gasteiger partial charge in [0.15, 0.2) is 6.10 Å². The molecule has 1 N–H and O–H groups in total. The predicted octanol–water partition coefficient (Wildman–Crippen LogP) is 2.37. The zero-order valence-electron chi connectivity index (χ0n) is 11.7. The van der Waals surface area contributed by atoms with Crippen molar-refractivity contribution in [1.82, 2.24) is 0 Å². The Morgan fingerprint density at radius 2 is 2.00 bits per heavy atom. The number of para-hydroxylation sites is 2. The molecule has 0 radical (unpaired) electrons. The monoisotopic (exact) mass is 277 g/mol. The fourth-order valence-electron chi connectivity index (χ4n) is 1.95. The van der Waals surface area contributed by atoms with Crippen LogP contribution in [0.3, 0.4) is 0 Å². The van der Waals surface area contributed by atoms with Gasteiger partial charge in [0.2, 0.25) is 0 Å². The van der Waals surface area contributed by atoms with Crippen molar-refractivity contribution < 1.29 is 19.1 Å². The summed E-state index contributed by atoms with van der Waals surface area (Å²) in [6, 6.07) is 7.09. The molecule has 0 aliphatic heterocycles. The lowest BCUT2D eigenvalue weighted by molar-refractivity contribution is -0.159. The van der Waals surface area contributed by atoms with Gasteiger partial charge in [-0.25, -0.2) is 0 Å². The van der Waals surface area contributed by atoms with E-state index in [4.69, 9.17) is 9.47 Å². The topological polar surface area (TPSA) is 64.6 Å². The quantitative estimate of drug-likeness (QED) is 0.839. The first-order valence-electron chi connectivity index (χ1n) is 6.76. The summed E-state index contributed by atoms with van der Waals surface area (Å²) in [6.07, 6.45) is 1.97. The van der Waals surface area contributed by atoms with Gasteiger partial charge in [0.1, 0.15) is 5.75 Å². The summed E-state index contributed by atoms with van der Waals surface area (Å²) in [7, 11) is 1.53. The molecular weight excluding hydrogens is 258 g/mol. The van der Waals surface area contributed by atoms with Gasteiger partial charge in [-0.05, 0) is 31.9 Å². The second-order valence-corrected chi connectivity index (χ2v) is 4.90. The lowest BCUT2D eigenvalue weighted by atomic mass is 9.86. The Kier molecular flexibility index (Phi) is 4.61. The Labute approximate surface area is 118 Å². The largest absolute Gasteiger partial charge is 0.495 e. The Morgan fingerprint density at radius 1 is 1.30 bits per heavy atom. The van der Waals surface area contributed by atoms with E-state index >= 15 is 0 Å². The van der Waals surface area contributed by atoms with Crippen molar-refractivity contribution in [2.75, 3.05) is 12.4 Å². The van der Waals surface area contributed by atoms with E-state index in [0.29, 0.717) is 11.4 Å². The first kappa shape index (κ1) is 14.4. The molecule has 1 atom stereocenters. The zero-order valence-corrected chi connectivity index (χ0v) is 11.7. The van der Waals surface area contributed by atoms with Crippen LogP contribution in [0.2, 0.25) is 0 Å². The Balaban J connectivity index is 1.91. The van der Waals surface area contributed by atoms with Gasteiger partial charge in [-0.15, -0.1) is 0 Å². The molecular formula is C15H19NO4. The molecule has 1 amide bonds. The third-order valence-corrected chi connectivity index (χ3v) is 3.47. The highest BCUT2D eigenvalue weighted by atomic mass is 16.5. The lowest BCUT2D eigenvalue weighted by Crippen LogP contribution is -2.34. The third kappa shape index (κ3) is 3.29. The maximum Gasteiger partial charge on any atom is 0.309 e. The van der Waals surface area contributed by atoms with Crippen molar-refractivity contribution in [3.63, 3.8) is 0 Å². The molecule has 5 nitrogen and oxygen atoms in total. The Bertz CT molecular complexity index is 496. The first-order chi connectivity index (χ1) is 9.61. The fourth-order valence-corrected chi connectivity index (χ4v) is 1.95. The first-order valence-corrected chi connectivity index (χ1v) is 6.76. The SMILES string of the molecule is COc1ccccc1NC(=O)C(C)OC(=O)C1CCC1. The number of amides is 1. The van der Waals surface area contributed by atoms with Crippen molar-refractivity contribution in [3.05, 3.63) is 24.3 Å². The summed E-state index contributed by atoms with van der Waals surface area (Å²) < 4.78 is 10.3. The van der Waals surface area contributed by atoms with E-state index in [9.17, 15) is 9.59 Å². The molecule has 1 saturated carbocycles. The fraction of sp³-hybridized carbons (Fsp3) is 0.467. The summed E-state index contributed by atoms with van der Waals surface area (Å²) in [6.45, 7) is 1.57. The van der Waals surface area contributed by atoms with Crippen LogP contribution in [0.1, 0.15) is 26.2 Å². The smallest absolute Gasteiger partial charge is 0.309 e. The van der Waals surface area contributed by atoms with Crippen molar-refractivity contribution in [2.45, 2.75) is 32.3 Å².